The molecule has 1 amide bonds. The SMILES string of the molecule is NOC1CCCN(C(=O)CCc2ccccc2)C1. The maximum atomic E-state index is 12.1. The van der Waals surface area contributed by atoms with Crippen molar-refractivity contribution in [3.63, 3.8) is 0 Å². The Balaban J connectivity index is 1.81. The van der Waals surface area contributed by atoms with E-state index in [2.05, 4.69) is 12.1 Å². The topological polar surface area (TPSA) is 55.6 Å². The van der Waals surface area contributed by atoms with Crippen LogP contribution >= 0.6 is 0 Å². The van der Waals surface area contributed by atoms with Crippen LogP contribution in [0.5, 0.6) is 0 Å². The molecule has 0 saturated carbocycles. The minimum Gasteiger partial charge on any atom is -0.340 e. The maximum Gasteiger partial charge on any atom is 0.222 e. The number of nitrogens with zero attached hydrogens (tertiary/aromatic N) is 1. The highest BCUT2D eigenvalue weighted by molar-refractivity contribution is 5.76. The average Bonchev–Trinajstić information content (AvgIpc) is 2.46. The summed E-state index contributed by atoms with van der Waals surface area (Å²) in [6.45, 7) is 1.46. The van der Waals surface area contributed by atoms with Gasteiger partial charge in [-0.1, -0.05) is 30.3 Å². The van der Waals surface area contributed by atoms with Crippen molar-refractivity contribution in [3.8, 4) is 0 Å². The Kier molecular flexibility index (Phi) is 4.73. The average molecular weight is 248 g/mol. The van der Waals surface area contributed by atoms with Gasteiger partial charge in [0.05, 0.1) is 6.10 Å². The van der Waals surface area contributed by atoms with Crippen LogP contribution in [0.4, 0.5) is 0 Å². The molecule has 0 aliphatic carbocycles. The van der Waals surface area contributed by atoms with Crippen LogP contribution < -0.4 is 5.90 Å². The van der Waals surface area contributed by atoms with Gasteiger partial charge in [-0.05, 0) is 24.8 Å². The molecule has 1 aliphatic rings. The summed E-state index contributed by atoms with van der Waals surface area (Å²) in [5.41, 5.74) is 1.20. The molecule has 4 nitrogen and oxygen atoms in total. The largest absolute Gasteiger partial charge is 0.340 e. The van der Waals surface area contributed by atoms with Crippen molar-refractivity contribution in [2.45, 2.75) is 31.8 Å². The molecule has 1 aliphatic heterocycles. The zero-order valence-electron chi connectivity index (χ0n) is 10.5. The van der Waals surface area contributed by atoms with Crippen molar-refractivity contribution >= 4 is 5.91 Å². The molecule has 0 aromatic heterocycles. The van der Waals surface area contributed by atoms with Crippen molar-refractivity contribution in [3.05, 3.63) is 35.9 Å². The summed E-state index contributed by atoms with van der Waals surface area (Å²) >= 11 is 0. The molecule has 1 fully saturated rings. The van der Waals surface area contributed by atoms with Crippen LogP contribution in [-0.2, 0) is 16.1 Å². The molecular weight excluding hydrogens is 228 g/mol. The van der Waals surface area contributed by atoms with Crippen LogP contribution in [0.2, 0.25) is 0 Å². The van der Waals surface area contributed by atoms with E-state index < -0.39 is 0 Å². The third kappa shape index (κ3) is 3.55. The van der Waals surface area contributed by atoms with Crippen LogP contribution in [0, 0.1) is 0 Å². The van der Waals surface area contributed by atoms with Crippen LogP contribution in [0.25, 0.3) is 0 Å². The van der Waals surface area contributed by atoms with E-state index in [1.54, 1.807) is 0 Å². The van der Waals surface area contributed by atoms with Crippen molar-refractivity contribution in [2.24, 2.45) is 5.90 Å². The Labute approximate surface area is 108 Å². The Morgan fingerprint density at radius 3 is 2.89 bits per heavy atom. The predicted octanol–water partition coefficient (Wildman–Crippen LogP) is 1.50. The smallest absolute Gasteiger partial charge is 0.222 e. The fourth-order valence-electron chi connectivity index (χ4n) is 2.33. The molecule has 1 unspecified atom stereocenters. The van der Waals surface area contributed by atoms with Crippen LogP contribution in [0.15, 0.2) is 30.3 Å². The highest BCUT2D eigenvalue weighted by atomic mass is 16.6. The molecule has 98 valence electrons. The normalized spacial score (nSPS) is 19.8. The number of likely N-dealkylation sites (tertiary alicyclic amines) is 1. The number of carbonyl (C=O) groups excluding carboxylic acids is 1. The number of hydrogen-bond acceptors (Lipinski definition) is 3. The molecule has 18 heavy (non-hydrogen) atoms. The second kappa shape index (κ2) is 6.52. The lowest BCUT2D eigenvalue weighted by molar-refractivity contribution is -0.135. The van der Waals surface area contributed by atoms with Gasteiger partial charge in [0, 0.05) is 19.5 Å². The monoisotopic (exact) mass is 248 g/mol. The Morgan fingerprint density at radius 2 is 2.17 bits per heavy atom. The van der Waals surface area contributed by atoms with Gasteiger partial charge in [-0.2, -0.15) is 0 Å². The standard InChI is InChI=1S/C14H20N2O2/c15-18-13-7-4-10-16(11-13)14(17)9-8-12-5-2-1-3-6-12/h1-3,5-6,13H,4,7-11,15H2. The van der Waals surface area contributed by atoms with Gasteiger partial charge in [0.25, 0.3) is 0 Å². The highest BCUT2D eigenvalue weighted by Gasteiger charge is 2.23. The molecule has 1 aromatic carbocycles. The summed E-state index contributed by atoms with van der Waals surface area (Å²) in [7, 11) is 0. The third-order valence-electron chi connectivity index (χ3n) is 3.39. The van der Waals surface area contributed by atoms with Crippen LogP contribution in [0.3, 0.4) is 0 Å². The number of nitrogens with two attached hydrogens (primary N) is 1. The van der Waals surface area contributed by atoms with Gasteiger partial charge in [-0.15, -0.1) is 0 Å². The van der Waals surface area contributed by atoms with E-state index in [1.165, 1.54) is 5.56 Å². The first-order valence-corrected chi connectivity index (χ1v) is 6.47. The summed E-state index contributed by atoms with van der Waals surface area (Å²) < 4.78 is 0. The molecular formula is C14H20N2O2. The van der Waals surface area contributed by atoms with Gasteiger partial charge >= 0.3 is 0 Å². The first-order chi connectivity index (χ1) is 8.79. The lowest BCUT2D eigenvalue weighted by Gasteiger charge is -2.31. The van der Waals surface area contributed by atoms with Crippen molar-refractivity contribution in [2.75, 3.05) is 13.1 Å². The Hall–Kier alpha value is -1.39. The summed E-state index contributed by atoms with van der Waals surface area (Å²) in [6.07, 6.45) is 3.27. The van der Waals surface area contributed by atoms with Crippen molar-refractivity contribution in [1.29, 1.82) is 0 Å². The first kappa shape index (κ1) is 13.1. The Bertz CT molecular complexity index is 381. The fourth-order valence-corrected chi connectivity index (χ4v) is 2.33. The summed E-state index contributed by atoms with van der Waals surface area (Å²) in [4.78, 5) is 18.8. The van der Waals surface area contributed by atoms with Crippen LogP contribution in [0.1, 0.15) is 24.8 Å². The number of amides is 1. The molecule has 0 radical (unpaired) electrons. The number of hydrogen-bond donors (Lipinski definition) is 1. The molecule has 4 heteroatoms. The minimum absolute atomic E-state index is 0.000532. The number of piperidine rings is 1. The predicted molar refractivity (Wildman–Crippen MR) is 69.6 cm³/mol. The number of benzene rings is 1. The quantitative estimate of drug-likeness (QED) is 0.822. The molecule has 1 atom stereocenters. The highest BCUT2D eigenvalue weighted by Crippen LogP contribution is 2.14. The maximum absolute atomic E-state index is 12.1. The molecule has 1 heterocycles. The van der Waals surface area contributed by atoms with Gasteiger partial charge in [0.2, 0.25) is 5.91 Å². The van der Waals surface area contributed by atoms with Gasteiger partial charge in [0.1, 0.15) is 0 Å². The van der Waals surface area contributed by atoms with Crippen molar-refractivity contribution < 1.29 is 9.63 Å². The van der Waals surface area contributed by atoms with E-state index >= 15 is 0 Å². The van der Waals surface area contributed by atoms with Gasteiger partial charge in [-0.25, -0.2) is 5.90 Å². The first-order valence-electron chi connectivity index (χ1n) is 6.47. The fraction of sp³-hybridized carbons (Fsp3) is 0.500. The number of rotatable bonds is 4. The minimum atomic E-state index is -0.000532. The zero-order chi connectivity index (χ0) is 12.8. The second-order valence-electron chi connectivity index (χ2n) is 4.73. The van der Waals surface area contributed by atoms with E-state index in [-0.39, 0.29) is 12.0 Å². The molecule has 2 N–H and O–H groups in total. The van der Waals surface area contributed by atoms with E-state index in [9.17, 15) is 4.79 Å². The molecule has 0 spiro atoms. The van der Waals surface area contributed by atoms with Crippen molar-refractivity contribution in [1.82, 2.24) is 4.90 Å². The van der Waals surface area contributed by atoms with Crippen LogP contribution in [-0.4, -0.2) is 30.0 Å². The molecule has 1 aromatic rings. The second-order valence-corrected chi connectivity index (χ2v) is 4.73. The van der Waals surface area contributed by atoms with E-state index in [4.69, 9.17) is 10.7 Å². The Morgan fingerprint density at radius 1 is 1.39 bits per heavy atom. The van der Waals surface area contributed by atoms with E-state index in [0.29, 0.717) is 13.0 Å². The summed E-state index contributed by atoms with van der Waals surface area (Å²) in [5.74, 6) is 5.39. The van der Waals surface area contributed by atoms with E-state index in [1.807, 2.05) is 23.1 Å². The number of aryl methyl sites for hydroxylation is 1. The molecule has 2 rings (SSSR count). The van der Waals surface area contributed by atoms with Gasteiger partial charge in [0.15, 0.2) is 0 Å². The molecule has 0 bridgehead atoms. The molecule has 1 saturated heterocycles. The zero-order valence-corrected chi connectivity index (χ0v) is 10.5. The summed E-state index contributed by atoms with van der Waals surface area (Å²) in [5, 5.41) is 0. The summed E-state index contributed by atoms with van der Waals surface area (Å²) in [6, 6.07) is 10.1. The third-order valence-corrected chi connectivity index (χ3v) is 3.39. The van der Waals surface area contributed by atoms with Gasteiger partial charge < -0.3 is 4.90 Å². The number of carbonyl (C=O) groups is 1. The van der Waals surface area contributed by atoms with Gasteiger partial charge in [-0.3, -0.25) is 9.63 Å². The lowest BCUT2D eigenvalue weighted by Crippen LogP contribution is -2.44. The van der Waals surface area contributed by atoms with E-state index in [0.717, 1.165) is 25.8 Å². The lowest BCUT2D eigenvalue weighted by atomic mass is 10.1.